The van der Waals surface area contributed by atoms with E-state index in [0.29, 0.717) is 11.8 Å². The first kappa shape index (κ1) is 37.1. The minimum Gasteiger partial charge on any atom is -0.508 e. The van der Waals surface area contributed by atoms with E-state index in [1.54, 1.807) is 0 Å². The predicted molar refractivity (Wildman–Crippen MR) is 149 cm³/mol. The van der Waals surface area contributed by atoms with Gasteiger partial charge in [-0.3, -0.25) is 0 Å². The summed E-state index contributed by atoms with van der Waals surface area (Å²) in [6.45, 7) is 17.3. The van der Waals surface area contributed by atoms with Gasteiger partial charge in [-0.05, 0) is 54.2 Å². The molecule has 0 bridgehead atoms. The SMILES string of the molecule is CC(C)(C)c1cc(O)cc(C(C)(C)C)c1.CN(C)C1[CH-]c2ccccc2C1.C[Si]C.Cl.Cl.[Ti]. The van der Waals surface area contributed by atoms with Gasteiger partial charge in [0.15, 0.2) is 0 Å². The zero-order valence-corrected chi connectivity index (χ0v) is 26.3. The number of phenols is 1. The van der Waals surface area contributed by atoms with E-state index in [4.69, 9.17) is 0 Å². The molecule has 2 aromatic carbocycles. The van der Waals surface area contributed by atoms with Crippen LogP contribution in [0.1, 0.15) is 63.8 Å². The van der Waals surface area contributed by atoms with Gasteiger partial charge in [-0.15, -0.1) is 42.5 Å². The van der Waals surface area contributed by atoms with Gasteiger partial charge >= 0.3 is 0 Å². The molecule has 2 nitrogen and oxygen atoms in total. The van der Waals surface area contributed by atoms with Crippen molar-refractivity contribution < 1.29 is 26.8 Å². The second-order valence-corrected chi connectivity index (χ2v) is 11.4. The van der Waals surface area contributed by atoms with Crippen LogP contribution >= 0.6 is 24.8 Å². The number of phenolic OH excluding ortho intramolecular Hbond substituents is 1. The van der Waals surface area contributed by atoms with Crippen LogP contribution in [-0.4, -0.2) is 39.7 Å². The van der Waals surface area contributed by atoms with E-state index in [2.05, 4.69) is 110 Å². The molecule has 186 valence electrons. The molecule has 1 N–H and O–H groups in total. The smallest absolute Gasteiger partial charge is 0.116 e. The Labute approximate surface area is 233 Å². The quantitative estimate of drug-likeness (QED) is 0.300. The van der Waals surface area contributed by atoms with E-state index >= 15 is 0 Å². The third-order valence-corrected chi connectivity index (χ3v) is 5.17. The van der Waals surface area contributed by atoms with E-state index in [-0.39, 0.29) is 57.4 Å². The van der Waals surface area contributed by atoms with Crippen molar-refractivity contribution in [2.24, 2.45) is 0 Å². The molecule has 3 rings (SSSR count). The molecule has 0 aliphatic heterocycles. The van der Waals surface area contributed by atoms with Gasteiger partial charge < -0.3 is 10.0 Å². The van der Waals surface area contributed by atoms with Crippen LogP contribution < -0.4 is 0 Å². The van der Waals surface area contributed by atoms with Crippen LogP contribution in [0.15, 0.2) is 42.5 Å². The van der Waals surface area contributed by atoms with Crippen molar-refractivity contribution in [1.82, 2.24) is 4.90 Å². The number of hydrogen-bond acceptors (Lipinski definition) is 2. The largest absolute Gasteiger partial charge is 0.508 e. The normalized spacial score (nSPS) is 14.0. The molecule has 0 spiro atoms. The van der Waals surface area contributed by atoms with Gasteiger partial charge in [-0.25, -0.2) is 0 Å². The molecule has 1 aliphatic carbocycles. The van der Waals surface area contributed by atoms with Gasteiger partial charge in [0.05, 0.1) is 0 Å². The number of halogens is 2. The van der Waals surface area contributed by atoms with Crippen LogP contribution in [0.4, 0.5) is 0 Å². The molecule has 2 aromatic rings. The summed E-state index contributed by atoms with van der Waals surface area (Å²) < 4.78 is 0. The molecule has 33 heavy (non-hydrogen) atoms. The Hall–Kier alpha value is -0.419. The van der Waals surface area contributed by atoms with Crippen LogP contribution in [0.2, 0.25) is 13.1 Å². The second kappa shape index (κ2) is 16.3. The fourth-order valence-corrected chi connectivity index (χ4v) is 3.18. The predicted octanol–water partition coefficient (Wildman–Crippen LogP) is 7.34. The molecular formula is C27H44Cl2NOSiTi-. The summed E-state index contributed by atoms with van der Waals surface area (Å²) in [4.78, 5) is 2.26. The fraction of sp³-hybridized carbons (Fsp3) is 0.519. The molecule has 2 radical (unpaired) electrons. The van der Waals surface area contributed by atoms with Crippen molar-refractivity contribution in [3.05, 3.63) is 71.1 Å². The summed E-state index contributed by atoms with van der Waals surface area (Å²) in [5, 5.41) is 9.72. The summed E-state index contributed by atoms with van der Waals surface area (Å²) >= 11 is 0. The summed E-state index contributed by atoms with van der Waals surface area (Å²) in [6, 6.07) is 15.1. The van der Waals surface area contributed by atoms with Gasteiger partial charge in [0, 0.05) is 31.2 Å². The average Bonchev–Trinajstić information content (AvgIpc) is 3.05. The van der Waals surface area contributed by atoms with Crippen LogP contribution in [0, 0.1) is 6.42 Å². The first-order chi connectivity index (χ1) is 13.8. The van der Waals surface area contributed by atoms with E-state index in [9.17, 15) is 5.11 Å². The van der Waals surface area contributed by atoms with Crippen LogP contribution in [0.5, 0.6) is 5.75 Å². The van der Waals surface area contributed by atoms with E-state index in [0.717, 1.165) is 9.52 Å². The summed E-state index contributed by atoms with van der Waals surface area (Å²) in [5.74, 6) is 0.368. The van der Waals surface area contributed by atoms with Gasteiger partial charge in [0.25, 0.3) is 0 Å². The first-order valence-corrected chi connectivity index (χ1v) is 12.8. The van der Waals surface area contributed by atoms with Gasteiger partial charge in [0.2, 0.25) is 0 Å². The third-order valence-electron chi connectivity index (χ3n) is 5.17. The molecule has 0 saturated heterocycles. The average molecular weight is 546 g/mol. The molecule has 0 heterocycles. The van der Waals surface area contributed by atoms with E-state index in [1.165, 1.54) is 28.7 Å². The Morgan fingerprint density at radius 3 is 1.67 bits per heavy atom. The van der Waals surface area contributed by atoms with Gasteiger partial charge in [-0.2, -0.15) is 18.1 Å². The van der Waals surface area contributed by atoms with Gasteiger partial charge in [-0.1, -0.05) is 73.2 Å². The maximum absolute atomic E-state index is 9.72. The van der Waals surface area contributed by atoms with Crippen LogP contribution in [-0.2, 0) is 39.0 Å². The Morgan fingerprint density at radius 1 is 0.879 bits per heavy atom. The molecule has 6 heteroatoms. The number of aromatic hydroxyl groups is 1. The second-order valence-electron chi connectivity index (χ2n) is 10.4. The maximum atomic E-state index is 9.72. The minimum absolute atomic E-state index is 0. The number of benzene rings is 2. The van der Waals surface area contributed by atoms with Crippen molar-refractivity contribution in [3.63, 3.8) is 0 Å². The number of rotatable bonds is 1. The van der Waals surface area contributed by atoms with Crippen LogP contribution in [0.25, 0.3) is 0 Å². The molecule has 1 unspecified atom stereocenters. The molecule has 1 aliphatic rings. The summed E-state index contributed by atoms with van der Waals surface area (Å²) in [7, 11) is 5.35. The van der Waals surface area contributed by atoms with Crippen molar-refractivity contribution in [1.29, 1.82) is 0 Å². The van der Waals surface area contributed by atoms with Crippen molar-refractivity contribution in [2.75, 3.05) is 14.1 Å². The Balaban J connectivity index is -0.000000456. The molecular weight excluding hydrogens is 501 g/mol. The topological polar surface area (TPSA) is 23.5 Å². The zero-order chi connectivity index (χ0) is 23.1. The number of hydrogen-bond donors (Lipinski definition) is 1. The van der Waals surface area contributed by atoms with Gasteiger partial charge in [0.1, 0.15) is 5.75 Å². The Bertz CT molecular complexity index is 744. The van der Waals surface area contributed by atoms with Crippen LogP contribution in [0.3, 0.4) is 0 Å². The molecule has 0 amide bonds. The third kappa shape index (κ3) is 12.7. The van der Waals surface area contributed by atoms with Crippen molar-refractivity contribution >= 4 is 34.3 Å². The molecule has 0 fully saturated rings. The Morgan fingerprint density at radius 2 is 1.30 bits per heavy atom. The van der Waals surface area contributed by atoms with Crippen molar-refractivity contribution in [2.45, 2.75) is 77.9 Å². The number of nitrogens with zero attached hydrogens (tertiary/aromatic N) is 1. The fourth-order valence-electron chi connectivity index (χ4n) is 3.18. The summed E-state index contributed by atoms with van der Waals surface area (Å²) in [5.41, 5.74) is 5.43. The monoisotopic (exact) mass is 544 g/mol. The molecule has 1 atom stereocenters. The standard InChI is InChI=1S/C14H22O.C11H14N.C2H6Si.2ClH.Ti/c1-13(2,3)10-7-11(14(4,5)6)9-12(15)8-10;1-12(2)11-7-9-5-3-4-6-10(9)8-11;1-3-2;;;/h7-9,15H,1-6H3;3-7,11H,8H2,1-2H3;1-2H3;2*1H;/q;-1;;;;. The minimum atomic E-state index is 0. The first-order valence-electron chi connectivity index (χ1n) is 10.8. The maximum Gasteiger partial charge on any atom is 0.116 e. The summed E-state index contributed by atoms with van der Waals surface area (Å²) in [6.07, 6.45) is 3.51. The molecule has 0 aromatic heterocycles. The van der Waals surface area contributed by atoms with E-state index in [1.807, 2.05) is 12.1 Å². The van der Waals surface area contributed by atoms with Crippen molar-refractivity contribution in [3.8, 4) is 5.75 Å². The van der Waals surface area contributed by atoms with E-state index < -0.39 is 0 Å². The number of fused-ring (bicyclic) bond motifs is 1. The molecule has 0 saturated carbocycles. The zero-order valence-electron chi connectivity index (χ0n) is 22.1. The number of likely N-dealkylation sites (N-methyl/N-ethyl adjacent to an activating group) is 1. The Kier molecular flexibility index (Phi) is 18.3.